The van der Waals surface area contributed by atoms with E-state index >= 15 is 0 Å². The van der Waals surface area contributed by atoms with Gasteiger partial charge >= 0.3 is 7.12 Å². The molecule has 2 bridgehead atoms. The van der Waals surface area contributed by atoms with Gasteiger partial charge in [-0.3, -0.25) is 0 Å². The lowest BCUT2D eigenvalue weighted by atomic mass is 9.43. The Kier molecular flexibility index (Phi) is 1.88. The predicted molar refractivity (Wildman–Crippen MR) is 57.2 cm³/mol. The molecule has 4 aliphatic rings. The van der Waals surface area contributed by atoms with Crippen LogP contribution in [0.5, 0.6) is 0 Å². The zero-order valence-corrected chi connectivity index (χ0v) is 9.69. The van der Waals surface area contributed by atoms with Gasteiger partial charge in [0, 0.05) is 0 Å². The van der Waals surface area contributed by atoms with E-state index in [4.69, 9.17) is 14.4 Å². The second-order valence-corrected chi connectivity index (χ2v) is 6.08. The van der Waals surface area contributed by atoms with Gasteiger partial charge in [0.05, 0.1) is 18.2 Å². The molecule has 4 heteroatoms. The summed E-state index contributed by atoms with van der Waals surface area (Å²) in [7, 11) is -0.393. The van der Waals surface area contributed by atoms with Crippen molar-refractivity contribution in [1.82, 2.24) is 0 Å². The van der Waals surface area contributed by atoms with E-state index in [0.717, 1.165) is 12.3 Å². The first-order valence-electron chi connectivity index (χ1n) is 5.92. The molecule has 0 amide bonds. The van der Waals surface area contributed by atoms with Crippen LogP contribution in [-0.4, -0.2) is 30.4 Å². The van der Waals surface area contributed by atoms with Gasteiger partial charge in [-0.1, -0.05) is 13.8 Å². The molecule has 4 atom stereocenters. The fourth-order valence-electron chi connectivity index (χ4n) is 4.03. The van der Waals surface area contributed by atoms with Crippen LogP contribution in [0.25, 0.3) is 0 Å². The van der Waals surface area contributed by atoms with Gasteiger partial charge in [-0.25, -0.2) is 0 Å². The van der Waals surface area contributed by atoms with Crippen molar-refractivity contribution in [2.75, 3.05) is 6.51 Å². The summed E-state index contributed by atoms with van der Waals surface area (Å²) >= 11 is 0. The van der Waals surface area contributed by atoms with Crippen molar-refractivity contribution in [2.24, 2.45) is 17.3 Å². The molecule has 1 saturated heterocycles. The summed E-state index contributed by atoms with van der Waals surface area (Å²) in [6, 6.07) is 0. The number of aliphatic hydroxyl groups is 1. The Morgan fingerprint density at radius 2 is 2.07 bits per heavy atom. The van der Waals surface area contributed by atoms with E-state index in [0.29, 0.717) is 11.3 Å². The minimum Gasteiger partial charge on any atom is -0.404 e. The largest absolute Gasteiger partial charge is 0.485 e. The van der Waals surface area contributed by atoms with Crippen LogP contribution in [0.2, 0.25) is 0 Å². The van der Waals surface area contributed by atoms with E-state index in [9.17, 15) is 0 Å². The molecule has 84 valence electrons. The highest BCUT2D eigenvalue weighted by atomic mass is 16.7. The van der Waals surface area contributed by atoms with Crippen molar-refractivity contribution < 1.29 is 14.4 Å². The fourth-order valence-corrected chi connectivity index (χ4v) is 4.03. The van der Waals surface area contributed by atoms with Gasteiger partial charge in [0.25, 0.3) is 0 Å². The molecule has 0 aromatic rings. The van der Waals surface area contributed by atoms with Crippen molar-refractivity contribution in [3.63, 3.8) is 0 Å². The zero-order chi connectivity index (χ0) is 10.8. The Labute approximate surface area is 91.3 Å². The number of rotatable bonds is 1. The molecule has 1 aliphatic heterocycles. The monoisotopic (exact) mass is 210 g/mol. The molecule has 3 aliphatic carbocycles. The van der Waals surface area contributed by atoms with E-state index in [-0.39, 0.29) is 18.2 Å². The third-order valence-electron chi connectivity index (χ3n) is 5.15. The van der Waals surface area contributed by atoms with Crippen molar-refractivity contribution in [3.8, 4) is 0 Å². The molecule has 3 nitrogen and oxygen atoms in total. The first-order chi connectivity index (χ1) is 6.98. The lowest BCUT2D eigenvalue weighted by Crippen LogP contribution is -2.65. The van der Waals surface area contributed by atoms with E-state index in [2.05, 4.69) is 20.8 Å². The molecule has 3 saturated carbocycles. The normalized spacial score (nSPS) is 51.2. The SMILES string of the molecule is CC1(C)[C@@H]2C[C@H]3OB(CO)O[C@@]3(C)[C@H]1C2. The molecular formula is C11H19BO3. The molecule has 0 aromatic heterocycles. The van der Waals surface area contributed by atoms with Crippen molar-refractivity contribution in [3.05, 3.63) is 0 Å². The molecule has 0 spiro atoms. The summed E-state index contributed by atoms with van der Waals surface area (Å²) in [5.41, 5.74) is 0.227. The van der Waals surface area contributed by atoms with E-state index in [1.165, 1.54) is 6.42 Å². The smallest absolute Gasteiger partial charge is 0.404 e. The predicted octanol–water partition coefficient (Wildman–Crippen LogP) is 1.25. The second-order valence-electron chi connectivity index (χ2n) is 6.08. The molecule has 0 radical (unpaired) electrons. The first-order valence-corrected chi connectivity index (χ1v) is 5.92. The van der Waals surface area contributed by atoms with Crippen LogP contribution in [0.1, 0.15) is 33.6 Å². The summed E-state index contributed by atoms with van der Waals surface area (Å²) in [6.07, 6.45) is 2.56. The Bertz CT molecular complexity index is 294. The highest BCUT2D eigenvalue weighted by Crippen LogP contribution is 2.65. The second kappa shape index (κ2) is 2.79. The van der Waals surface area contributed by atoms with Crippen LogP contribution in [0.3, 0.4) is 0 Å². The third kappa shape index (κ3) is 1.08. The van der Waals surface area contributed by atoms with Crippen LogP contribution in [-0.2, 0) is 9.31 Å². The Morgan fingerprint density at radius 3 is 2.67 bits per heavy atom. The van der Waals surface area contributed by atoms with Gasteiger partial charge in [0.1, 0.15) is 0 Å². The molecule has 1 heterocycles. The van der Waals surface area contributed by atoms with Gasteiger partial charge in [0.2, 0.25) is 0 Å². The summed E-state index contributed by atoms with van der Waals surface area (Å²) in [5, 5.41) is 9.11. The van der Waals surface area contributed by atoms with Crippen LogP contribution >= 0.6 is 0 Å². The molecule has 4 rings (SSSR count). The van der Waals surface area contributed by atoms with E-state index in [1.54, 1.807) is 0 Å². The van der Waals surface area contributed by atoms with Gasteiger partial charge < -0.3 is 14.4 Å². The Balaban J connectivity index is 1.89. The minimum absolute atomic E-state index is 0.0239. The van der Waals surface area contributed by atoms with Gasteiger partial charge in [-0.05, 0) is 37.0 Å². The summed E-state index contributed by atoms with van der Waals surface area (Å²) in [4.78, 5) is 0. The highest BCUT2D eigenvalue weighted by molar-refractivity contribution is 6.45. The quantitative estimate of drug-likeness (QED) is 0.662. The van der Waals surface area contributed by atoms with Crippen LogP contribution in [0.4, 0.5) is 0 Å². The first kappa shape index (κ1) is 10.1. The number of hydrogen-bond donors (Lipinski definition) is 1. The third-order valence-corrected chi connectivity index (χ3v) is 5.15. The van der Waals surface area contributed by atoms with Gasteiger partial charge in [0.15, 0.2) is 0 Å². The molecule has 4 fully saturated rings. The summed E-state index contributed by atoms with van der Waals surface area (Å²) in [6.45, 7) is 6.81. The van der Waals surface area contributed by atoms with Crippen LogP contribution in [0, 0.1) is 17.3 Å². The average molecular weight is 210 g/mol. The lowest BCUT2D eigenvalue weighted by Gasteiger charge is -2.64. The van der Waals surface area contributed by atoms with Gasteiger partial charge in [-0.2, -0.15) is 0 Å². The van der Waals surface area contributed by atoms with Crippen LogP contribution < -0.4 is 0 Å². The zero-order valence-electron chi connectivity index (χ0n) is 9.69. The topological polar surface area (TPSA) is 38.7 Å². The maximum Gasteiger partial charge on any atom is 0.485 e. The molecule has 0 unspecified atom stereocenters. The van der Waals surface area contributed by atoms with E-state index < -0.39 is 7.12 Å². The number of hydrogen-bond acceptors (Lipinski definition) is 3. The van der Waals surface area contributed by atoms with Crippen LogP contribution in [0.15, 0.2) is 0 Å². The maximum absolute atomic E-state index is 9.11. The van der Waals surface area contributed by atoms with Crippen molar-refractivity contribution in [2.45, 2.75) is 45.3 Å². The summed E-state index contributed by atoms with van der Waals surface area (Å²) in [5.74, 6) is 1.37. The summed E-state index contributed by atoms with van der Waals surface area (Å²) < 4.78 is 11.7. The maximum atomic E-state index is 9.11. The molecule has 15 heavy (non-hydrogen) atoms. The number of aliphatic hydroxyl groups excluding tert-OH is 1. The molecule has 0 aromatic carbocycles. The van der Waals surface area contributed by atoms with Crippen molar-refractivity contribution in [1.29, 1.82) is 0 Å². The molecule has 1 N–H and O–H groups in total. The van der Waals surface area contributed by atoms with Gasteiger partial charge in [-0.15, -0.1) is 0 Å². The lowest BCUT2D eigenvalue weighted by molar-refractivity contribution is -0.199. The molecular weight excluding hydrogens is 191 g/mol. The average Bonchev–Trinajstić information content (AvgIpc) is 2.53. The Morgan fingerprint density at radius 1 is 1.33 bits per heavy atom. The standard InChI is InChI=1S/C11H19BO3/c1-10(2)7-4-8(10)11(3)9(5-7)14-12(6-13)15-11/h7-9,13H,4-6H2,1-3H3/t7-,8-,9+,11-/m0/s1. The Hall–Kier alpha value is -0.0551. The minimum atomic E-state index is -0.393. The van der Waals surface area contributed by atoms with E-state index in [1.807, 2.05) is 0 Å². The highest BCUT2D eigenvalue weighted by Gasteiger charge is 2.67. The van der Waals surface area contributed by atoms with Crippen molar-refractivity contribution >= 4 is 7.12 Å². The fraction of sp³-hybridized carbons (Fsp3) is 1.00.